The van der Waals surface area contributed by atoms with Crippen LogP contribution in [0.5, 0.6) is 0 Å². The van der Waals surface area contributed by atoms with Crippen LogP contribution in [0, 0.1) is 6.92 Å². The Hall–Kier alpha value is -1.09. The fourth-order valence-corrected chi connectivity index (χ4v) is 2.87. The summed E-state index contributed by atoms with van der Waals surface area (Å²) in [5.74, 6) is 1.69. The van der Waals surface area contributed by atoms with Gasteiger partial charge in [0.05, 0.1) is 0 Å². The number of unbranched alkanes of at least 4 members (excludes halogenated alkanes) is 5. The third-order valence-electron chi connectivity index (χ3n) is 3.86. The minimum absolute atomic E-state index is 0.610. The summed E-state index contributed by atoms with van der Waals surface area (Å²) < 4.78 is 2.27. The van der Waals surface area contributed by atoms with E-state index in [4.69, 9.17) is 11.6 Å². The van der Waals surface area contributed by atoms with Crippen LogP contribution in [0.1, 0.15) is 57.0 Å². The number of aromatic nitrogens is 3. The Balaban J connectivity index is 2.05. The molecule has 4 heteroatoms. The second-order valence-corrected chi connectivity index (χ2v) is 6.06. The lowest BCUT2D eigenvalue weighted by Crippen LogP contribution is -2.06. The van der Waals surface area contributed by atoms with Crippen LogP contribution in [0.2, 0.25) is 0 Å². The number of imidazole rings is 1. The highest BCUT2D eigenvalue weighted by Gasteiger charge is 2.11. The Kier molecular flexibility index (Phi) is 6.50. The van der Waals surface area contributed by atoms with Crippen molar-refractivity contribution in [1.29, 1.82) is 0 Å². The molecule has 2 aromatic heterocycles. The lowest BCUT2D eigenvalue weighted by Gasteiger charge is -2.08. The molecule has 0 fully saturated rings. The monoisotopic (exact) mass is 307 g/mol. The van der Waals surface area contributed by atoms with Crippen molar-refractivity contribution >= 4 is 22.8 Å². The van der Waals surface area contributed by atoms with Crippen LogP contribution in [0.25, 0.3) is 11.2 Å². The van der Waals surface area contributed by atoms with Crippen LogP contribution < -0.4 is 0 Å². The van der Waals surface area contributed by atoms with Gasteiger partial charge in [-0.1, -0.05) is 39.0 Å². The van der Waals surface area contributed by atoms with Gasteiger partial charge in [-0.05, 0) is 25.5 Å². The number of hydrogen-bond donors (Lipinski definition) is 0. The molecular weight excluding hydrogens is 282 g/mol. The number of rotatable bonds is 9. The molecule has 2 heterocycles. The zero-order chi connectivity index (χ0) is 15.1. The Morgan fingerprint density at radius 2 is 1.81 bits per heavy atom. The molecule has 0 unspecified atom stereocenters. The Bertz CT molecular complexity index is 562. The molecular formula is C17H26ClN3. The van der Waals surface area contributed by atoms with Gasteiger partial charge in [0.25, 0.3) is 0 Å². The number of aryl methyl sites for hydroxylation is 3. The number of fused-ring (bicyclic) bond motifs is 1. The molecule has 0 aliphatic carbocycles. The number of alkyl halides is 1. The zero-order valence-corrected chi connectivity index (χ0v) is 14.0. The summed E-state index contributed by atoms with van der Waals surface area (Å²) in [6.45, 7) is 5.29. The lowest BCUT2D eigenvalue weighted by molar-refractivity contribution is 0.552. The highest BCUT2D eigenvalue weighted by atomic mass is 35.5. The van der Waals surface area contributed by atoms with Gasteiger partial charge in [-0.3, -0.25) is 0 Å². The largest absolute Gasteiger partial charge is 0.313 e. The van der Waals surface area contributed by atoms with Crippen LogP contribution in [-0.2, 0) is 13.0 Å². The summed E-state index contributed by atoms with van der Waals surface area (Å²) in [4.78, 5) is 9.35. The molecule has 116 valence electrons. The van der Waals surface area contributed by atoms with Crippen LogP contribution >= 0.6 is 11.6 Å². The highest BCUT2D eigenvalue weighted by molar-refractivity contribution is 6.17. The van der Waals surface area contributed by atoms with Crippen molar-refractivity contribution in [3.8, 4) is 0 Å². The van der Waals surface area contributed by atoms with E-state index < -0.39 is 0 Å². The second-order valence-electron chi connectivity index (χ2n) is 5.68. The van der Waals surface area contributed by atoms with Gasteiger partial charge >= 0.3 is 0 Å². The van der Waals surface area contributed by atoms with Gasteiger partial charge in [0.15, 0.2) is 5.65 Å². The predicted molar refractivity (Wildman–Crippen MR) is 90.1 cm³/mol. The fourth-order valence-electron chi connectivity index (χ4n) is 2.70. The van der Waals surface area contributed by atoms with Crippen molar-refractivity contribution in [2.24, 2.45) is 0 Å². The second kappa shape index (κ2) is 8.38. The van der Waals surface area contributed by atoms with Crippen LogP contribution in [-0.4, -0.2) is 20.4 Å². The molecule has 0 spiro atoms. The smallest absolute Gasteiger partial charge is 0.160 e. The summed E-state index contributed by atoms with van der Waals surface area (Å²) in [5.41, 5.74) is 3.05. The lowest BCUT2D eigenvalue weighted by atomic mass is 10.1. The summed E-state index contributed by atoms with van der Waals surface area (Å²) in [7, 11) is 0. The third kappa shape index (κ3) is 4.44. The fraction of sp³-hybridized carbons (Fsp3) is 0.647. The first kappa shape index (κ1) is 16.3. The summed E-state index contributed by atoms with van der Waals surface area (Å²) in [6, 6.07) is 4.09. The van der Waals surface area contributed by atoms with E-state index in [1.165, 1.54) is 38.5 Å². The normalized spacial score (nSPS) is 11.4. The molecule has 0 saturated heterocycles. The average Bonchev–Trinajstić information content (AvgIpc) is 2.80. The van der Waals surface area contributed by atoms with Gasteiger partial charge in [-0.2, -0.15) is 0 Å². The zero-order valence-electron chi connectivity index (χ0n) is 13.2. The topological polar surface area (TPSA) is 30.7 Å². The number of halogens is 1. The Morgan fingerprint density at radius 1 is 1.05 bits per heavy atom. The van der Waals surface area contributed by atoms with Crippen molar-refractivity contribution in [2.45, 2.75) is 65.3 Å². The highest BCUT2D eigenvalue weighted by Crippen LogP contribution is 2.17. The van der Waals surface area contributed by atoms with E-state index in [0.717, 1.165) is 35.6 Å². The summed E-state index contributed by atoms with van der Waals surface area (Å²) in [6.07, 6.45) is 8.63. The maximum atomic E-state index is 5.91. The Morgan fingerprint density at radius 3 is 2.57 bits per heavy atom. The van der Waals surface area contributed by atoms with E-state index in [-0.39, 0.29) is 0 Å². The predicted octanol–water partition coefficient (Wildman–Crippen LogP) is 4.88. The van der Waals surface area contributed by atoms with E-state index in [1.54, 1.807) is 0 Å². The molecule has 0 aliphatic rings. The van der Waals surface area contributed by atoms with Crippen molar-refractivity contribution in [3.63, 3.8) is 0 Å². The van der Waals surface area contributed by atoms with E-state index in [0.29, 0.717) is 5.88 Å². The molecule has 0 radical (unpaired) electrons. The van der Waals surface area contributed by atoms with E-state index >= 15 is 0 Å². The van der Waals surface area contributed by atoms with E-state index in [2.05, 4.69) is 27.5 Å². The first-order valence-corrected chi connectivity index (χ1v) is 8.68. The van der Waals surface area contributed by atoms with Gasteiger partial charge in [-0.15, -0.1) is 11.6 Å². The molecule has 0 aromatic carbocycles. The molecule has 2 aromatic rings. The van der Waals surface area contributed by atoms with Crippen molar-refractivity contribution in [2.75, 3.05) is 5.88 Å². The van der Waals surface area contributed by atoms with Gasteiger partial charge in [0, 0.05) is 24.5 Å². The number of nitrogens with zero attached hydrogens (tertiary/aromatic N) is 3. The number of pyridine rings is 1. The number of hydrogen-bond acceptors (Lipinski definition) is 2. The van der Waals surface area contributed by atoms with E-state index in [1.807, 2.05) is 13.0 Å². The van der Waals surface area contributed by atoms with Crippen molar-refractivity contribution in [1.82, 2.24) is 14.5 Å². The van der Waals surface area contributed by atoms with Gasteiger partial charge in [0.1, 0.15) is 11.3 Å². The standard InChI is InChI=1S/C17H26ClN3/c1-3-4-5-6-7-8-13-21-16(11-12-18)20-15-10-9-14(2)19-17(15)21/h9-10H,3-8,11-13H2,1-2H3. The first-order valence-electron chi connectivity index (χ1n) is 8.15. The quantitative estimate of drug-likeness (QED) is 0.488. The molecule has 2 rings (SSSR count). The molecule has 0 N–H and O–H groups in total. The minimum atomic E-state index is 0.610. The van der Waals surface area contributed by atoms with Crippen LogP contribution in [0.3, 0.4) is 0 Å². The van der Waals surface area contributed by atoms with Gasteiger partial charge in [0.2, 0.25) is 0 Å². The SMILES string of the molecule is CCCCCCCCn1c(CCCl)nc2ccc(C)nc21. The minimum Gasteiger partial charge on any atom is -0.313 e. The van der Waals surface area contributed by atoms with Crippen molar-refractivity contribution < 1.29 is 0 Å². The molecule has 0 bridgehead atoms. The van der Waals surface area contributed by atoms with Gasteiger partial charge in [-0.25, -0.2) is 9.97 Å². The third-order valence-corrected chi connectivity index (χ3v) is 4.05. The molecule has 3 nitrogen and oxygen atoms in total. The maximum Gasteiger partial charge on any atom is 0.160 e. The average molecular weight is 308 g/mol. The Labute approximate surface area is 132 Å². The van der Waals surface area contributed by atoms with Crippen LogP contribution in [0.15, 0.2) is 12.1 Å². The molecule has 0 saturated carbocycles. The summed E-state index contributed by atoms with van der Waals surface area (Å²) >= 11 is 5.91. The molecule has 0 aliphatic heterocycles. The van der Waals surface area contributed by atoms with Crippen molar-refractivity contribution in [3.05, 3.63) is 23.7 Å². The molecule has 0 amide bonds. The van der Waals surface area contributed by atoms with Crippen LogP contribution in [0.4, 0.5) is 0 Å². The summed E-state index contributed by atoms with van der Waals surface area (Å²) in [5, 5.41) is 0. The molecule has 0 atom stereocenters. The molecule has 21 heavy (non-hydrogen) atoms. The maximum absolute atomic E-state index is 5.91. The van der Waals surface area contributed by atoms with E-state index in [9.17, 15) is 0 Å². The van der Waals surface area contributed by atoms with Gasteiger partial charge < -0.3 is 4.57 Å². The first-order chi connectivity index (χ1) is 10.3.